The zero-order valence-corrected chi connectivity index (χ0v) is 25.0. The molecule has 10 heteroatoms. The Hall–Kier alpha value is -4.02. The molecule has 0 radical (unpaired) electrons. The summed E-state index contributed by atoms with van der Waals surface area (Å²) in [7, 11) is 9.23. The number of amides is 1. The van der Waals surface area contributed by atoms with Crippen LogP contribution in [0.2, 0.25) is 0 Å². The lowest BCUT2D eigenvalue weighted by atomic mass is 10.1. The van der Waals surface area contributed by atoms with Gasteiger partial charge in [-0.2, -0.15) is 0 Å². The van der Waals surface area contributed by atoms with E-state index >= 15 is 0 Å². The number of nitrogens with one attached hydrogen (secondary N) is 1. The summed E-state index contributed by atoms with van der Waals surface area (Å²) in [6.07, 6.45) is 0.801. The number of thioether (sulfide) groups is 1. The van der Waals surface area contributed by atoms with Crippen LogP contribution in [0.15, 0.2) is 76.3 Å². The third kappa shape index (κ3) is 8.48. The molecule has 4 rings (SSSR count). The molecule has 0 saturated carbocycles. The van der Waals surface area contributed by atoms with E-state index in [-0.39, 0.29) is 5.91 Å². The van der Waals surface area contributed by atoms with Gasteiger partial charge < -0.3 is 29.0 Å². The summed E-state index contributed by atoms with van der Waals surface area (Å²) in [5.74, 6) is 3.51. The SMILES string of the molecule is COc1ccc(CCN(C)c2cc(-c3ccccc3)nc(SCc3ccc(C(=O)NCCN(C)C)o3)n2)cc1OC. The van der Waals surface area contributed by atoms with E-state index in [1.54, 1.807) is 20.3 Å². The van der Waals surface area contributed by atoms with Crippen LogP contribution in [0.1, 0.15) is 21.9 Å². The maximum atomic E-state index is 12.4. The van der Waals surface area contributed by atoms with Crippen molar-refractivity contribution < 1.29 is 18.7 Å². The van der Waals surface area contributed by atoms with Crippen molar-refractivity contribution in [1.82, 2.24) is 20.2 Å². The van der Waals surface area contributed by atoms with Gasteiger partial charge in [0.2, 0.25) is 0 Å². The molecule has 1 N–H and O–H groups in total. The second-order valence-electron chi connectivity index (χ2n) is 9.73. The summed E-state index contributed by atoms with van der Waals surface area (Å²) < 4.78 is 16.6. The molecule has 1 amide bonds. The Morgan fingerprint density at radius 2 is 1.71 bits per heavy atom. The number of carbonyl (C=O) groups is 1. The van der Waals surface area contributed by atoms with Crippen LogP contribution in [0.4, 0.5) is 5.82 Å². The number of ether oxygens (including phenoxy) is 2. The number of methoxy groups -OCH3 is 2. The Kier molecular flexibility index (Phi) is 10.6. The van der Waals surface area contributed by atoms with Crippen LogP contribution < -0.4 is 19.7 Å². The van der Waals surface area contributed by atoms with Crippen LogP contribution in [-0.4, -0.2) is 75.8 Å². The van der Waals surface area contributed by atoms with Gasteiger partial charge in [0.25, 0.3) is 5.91 Å². The maximum absolute atomic E-state index is 12.4. The van der Waals surface area contributed by atoms with Crippen molar-refractivity contribution in [3.05, 3.63) is 83.8 Å². The van der Waals surface area contributed by atoms with Gasteiger partial charge in [-0.05, 0) is 50.3 Å². The van der Waals surface area contributed by atoms with Crippen LogP contribution in [0.25, 0.3) is 11.3 Å². The van der Waals surface area contributed by atoms with Crippen LogP contribution in [0, 0.1) is 0 Å². The van der Waals surface area contributed by atoms with E-state index in [4.69, 9.17) is 23.9 Å². The number of aromatic nitrogens is 2. The molecule has 0 unspecified atom stereocenters. The van der Waals surface area contributed by atoms with Crippen LogP contribution in [-0.2, 0) is 12.2 Å². The molecule has 0 atom stereocenters. The van der Waals surface area contributed by atoms with Gasteiger partial charge in [0.15, 0.2) is 22.4 Å². The Balaban J connectivity index is 1.47. The minimum Gasteiger partial charge on any atom is -0.493 e. The molecule has 9 nitrogen and oxygen atoms in total. The molecule has 0 fully saturated rings. The van der Waals surface area contributed by atoms with E-state index in [9.17, 15) is 4.79 Å². The second-order valence-corrected chi connectivity index (χ2v) is 10.7. The monoisotopic (exact) mass is 575 g/mol. The number of nitrogens with zero attached hydrogens (tertiary/aromatic N) is 4. The Morgan fingerprint density at radius 3 is 2.44 bits per heavy atom. The first-order chi connectivity index (χ1) is 19.9. The molecule has 0 spiro atoms. The second kappa shape index (κ2) is 14.6. The summed E-state index contributed by atoms with van der Waals surface area (Å²) in [5, 5.41) is 3.51. The first-order valence-corrected chi connectivity index (χ1v) is 14.4. The molecule has 0 aliphatic rings. The van der Waals surface area contributed by atoms with Crippen LogP contribution in [0.5, 0.6) is 11.5 Å². The van der Waals surface area contributed by atoms with E-state index < -0.39 is 0 Å². The van der Waals surface area contributed by atoms with E-state index in [2.05, 4.69) is 10.2 Å². The van der Waals surface area contributed by atoms with Gasteiger partial charge in [0.1, 0.15) is 11.6 Å². The Labute approximate surface area is 245 Å². The molecular weight excluding hydrogens is 538 g/mol. The zero-order chi connectivity index (χ0) is 29.2. The van der Waals surface area contributed by atoms with Crippen molar-refractivity contribution in [3.63, 3.8) is 0 Å². The number of carbonyl (C=O) groups excluding carboxylic acids is 1. The molecule has 2 heterocycles. The molecule has 0 saturated heterocycles. The van der Waals surface area contributed by atoms with Crippen molar-refractivity contribution in [2.75, 3.05) is 59.9 Å². The molecule has 0 bridgehead atoms. The van der Waals surface area contributed by atoms with Crippen molar-refractivity contribution >= 4 is 23.5 Å². The minimum atomic E-state index is -0.219. The largest absolute Gasteiger partial charge is 0.493 e. The average molecular weight is 576 g/mol. The fourth-order valence-corrected chi connectivity index (χ4v) is 4.82. The van der Waals surface area contributed by atoms with Gasteiger partial charge in [-0.3, -0.25) is 4.79 Å². The van der Waals surface area contributed by atoms with E-state index in [1.165, 1.54) is 11.8 Å². The summed E-state index contributed by atoms with van der Waals surface area (Å²) in [6, 6.07) is 21.6. The highest BCUT2D eigenvalue weighted by Gasteiger charge is 2.15. The number of likely N-dealkylation sites (N-methyl/N-ethyl adjacent to an activating group) is 2. The summed E-state index contributed by atoms with van der Waals surface area (Å²) in [5.41, 5.74) is 3.00. The molecule has 0 aliphatic carbocycles. The number of furan rings is 1. The molecule has 2 aromatic heterocycles. The van der Waals surface area contributed by atoms with Crippen molar-refractivity contribution in [3.8, 4) is 22.8 Å². The van der Waals surface area contributed by atoms with E-state index in [0.717, 1.165) is 42.1 Å². The molecule has 2 aromatic carbocycles. The highest BCUT2D eigenvalue weighted by atomic mass is 32.2. The van der Waals surface area contributed by atoms with Gasteiger partial charge in [0.05, 0.1) is 25.7 Å². The lowest BCUT2D eigenvalue weighted by Gasteiger charge is -2.20. The van der Waals surface area contributed by atoms with Crippen LogP contribution >= 0.6 is 11.8 Å². The van der Waals surface area contributed by atoms with Gasteiger partial charge >= 0.3 is 0 Å². The maximum Gasteiger partial charge on any atom is 0.287 e. The molecule has 0 aliphatic heterocycles. The fourth-order valence-electron chi connectivity index (χ4n) is 4.07. The summed E-state index contributed by atoms with van der Waals surface area (Å²) >= 11 is 1.47. The fraction of sp³-hybridized carbons (Fsp3) is 0.323. The van der Waals surface area contributed by atoms with Crippen molar-refractivity contribution in [2.24, 2.45) is 0 Å². The predicted octanol–water partition coefficient (Wildman–Crippen LogP) is 5.02. The quantitative estimate of drug-likeness (QED) is 0.164. The lowest BCUT2D eigenvalue weighted by molar-refractivity contribution is 0.0922. The predicted molar refractivity (Wildman–Crippen MR) is 163 cm³/mol. The number of hydrogen-bond acceptors (Lipinski definition) is 9. The van der Waals surface area contributed by atoms with Crippen molar-refractivity contribution in [1.29, 1.82) is 0 Å². The third-order valence-corrected chi connectivity index (χ3v) is 7.28. The number of benzene rings is 2. The normalized spacial score (nSPS) is 11.0. The molecule has 41 heavy (non-hydrogen) atoms. The lowest BCUT2D eigenvalue weighted by Crippen LogP contribution is -2.31. The molecule has 4 aromatic rings. The van der Waals surface area contributed by atoms with Gasteiger partial charge in [-0.1, -0.05) is 48.2 Å². The minimum absolute atomic E-state index is 0.219. The first kappa shape index (κ1) is 30.0. The standard InChI is InChI=1S/C31H37N5O4S/c1-35(2)18-16-32-30(37)27-14-12-24(40-27)21-41-31-33-25(23-9-7-6-8-10-23)20-29(34-31)36(3)17-15-22-11-13-26(38-4)28(19-22)39-5/h6-14,19-20H,15-18,21H2,1-5H3,(H,32,37). The zero-order valence-electron chi connectivity index (χ0n) is 24.2. The van der Waals surface area contributed by atoms with Crippen LogP contribution in [0.3, 0.4) is 0 Å². The Morgan fingerprint density at radius 1 is 0.927 bits per heavy atom. The highest BCUT2D eigenvalue weighted by Crippen LogP contribution is 2.29. The van der Waals surface area contributed by atoms with E-state index in [1.807, 2.05) is 86.7 Å². The Bertz CT molecular complexity index is 1430. The summed E-state index contributed by atoms with van der Waals surface area (Å²) in [6.45, 7) is 2.06. The van der Waals surface area contributed by atoms with Gasteiger partial charge in [-0.25, -0.2) is 9.97 Å². The molecule has 216 valence electrons. The van der Waals surface area contributed by atoms with Crippen molar-refractivity contribution in [2.45, 2.75) is 17.3 Å². The number of rotatable bonds is 14. The molecular formula is C31H37N5O4S. The third-order valence-electron chi connectivity index (χ3n) is 6.41. The first-order valence-electron chi connectivity index (χ1n) is 13.4. The van der Waals surface area contributed by atoms with Gasteiger partial charge in [-0.15, -0.1) is 0 Å². The van der Waals surface area contributed by atoms with Gasteiger partial charge in [0, 0.05) is 38.3 Å². The number of hydrogen-bond donors (Lipinski definition) is 1. The number of anilines is 1. The smallest absolute Gasteiger partial charge is 0.287 e. The summed E-state index contributed by atoms with van der Waals surface area (Å²) in [4.78, 5) is 26.2. The average Bonchev–Trinajstić information content (AvgIpc) is 3.48. The highest BCUT2D eigenvalue weighted by molar-refractivity contribution is 7.98. The topological polar surface area (TPSA) is 93.0 Å². The van der Waals surface area contributed by atoms with E-state index in [0.29, 0.717) is 40.5 Å².